The summed E-state index contributed by atoms with van der Waals surface area (Å²) in [5.41, 5.74) is 7.42. The van der Waals surface area contributed by atoms with Crippen molar-refractivity contribution in [3.63, 3.8) is 0 Å². The molecule has 3 N–H and O–H groups in total. The number of nitrogens with two attached hydrogens (primary N) is 1. The van der Waals surface area contributed by atoms with Gasteiger partial charge in [0.25, 0.3) is 0 Å². The Bertz CT molecular complexity index is 447. The molecule has 1 amide bonds. The number of carbonyl (C=O) groups is 1. The molecule has 0 spiro atoms. The van der Waals surface area contributed by atoms with E-state index < -0.39 is 0 Å². The summed E-state index contributed by atoms with van der Waals surface area (Å²) < 4.78 is 10.5. The van der Waals surface area contributed by atoms with Gasteiger partial charge in [-0.15, -0.1) is 0 Å². The first-order valence-electron chi connectivity index (χ1n) is 6.22. The third kappa shape index (κ3) is 3.86. The largest absolute Gasteiger partial charge is 0.497 e. The maximum absolute atomic E-state index is 11.7. The first-order chi connectivity index (χ1) is 9.03. The number of methoxy groups -OCH3 is 2. The molecule has 1 rings (SSSR count). The minimum Gasteiger partial charge on any atom is -0.497 e. The van der Waals surface area contributed by atoms with Crippen LogP contribution in [0.25, 0.3) is 0 Å². The fourth-order valence-electron chi connectivity index (χ4n) is 1.74. The molecule has 0 saturated carbocycles. The van der Waals surface area contributed by atoms with E-state index in [0.717, 1.165) is 16.9 Å². The summed E-state index contributed by atoms with van der Waals surface area (Å²) >= 11 is 0. The highest BCUT2D eigenvalue weighted by Crippen LogP contribution is 2.28. The zero-order valence-electron chi connectivity index (χ0n) is 11.9. The predicted octanol–water partition coefficient (Wildman–Crippen LogP) is 1.22. The number of ether oxygens (including phenoxy) is 2. The van der Waals surface area contributed by atoms with Crippen molar-refractivity contribution < 1.29 is 14.3 Å². The first-order valence-corrected chi connectivity index (χ1v) is 6.22. The molecule has 0 fully saturated rings. The van der Waals surface area contributed by atoms with Crippen LogP contribution in [0.4, 0.5) is 0 Å². The maximum atomic E-state index is 11.7. The minimum atomic E-state index is -0.190. The molecule has 0 aromatic heterocycles. The van der Waals surface area contributed by atoms with Crippen LogP contribution in [0.1, 0.15) is 18.1 Å². The molecule has 0 aliphatic rings. The highest BCUT2D eigenvalue weighted by Gasteiger charge is 2.13. The van der Waals surface area contributed by atoms with E-state index in [4.69, 9.17) is 15.2 Å². The smallest absolute Gasteiger partial charge is 0.224 e. The lowest BCUT2D eigenvalue weighted by Gasteiger charge is -2.15. The average Bonchev–Trinajstić information content (AvgIpc) is 2.43. The highest BCUT2D eigenvalue weighted by atomic mass is 16.5. The third-order valence-electron chi connectivity index (χ3n) is 3.10. The Kier molecular flexibility index (Phi) is 5.63. The summed E-state index contributed by atoms with van der Waals surface area (Å²) in [7, 11) is 3.21. The average molecular weight is 266 g/mol. The van der Waals surface area contributed by atoms with Crippen molar-refractivity contribution in [2.45, 2.75) is 20.4 Å². The Hall–Kier alpha value is -1.75. The van der Waals surface area contributed by atoms with Crippen LogP contribution in [0.2, 0.25) is 0 Å². The van der Waals surface area contributed by atoms with Crippen LogP contribution < -0.4 is 20.5 Å². The van der Waals surface area contributed by atoms with Gasteiger partial charge in [-0.3, -0.25) is 4.79 Å². The van der Waals surface area contributed by atoms with Crippen LogP contribution in [0.3, 0.4) is 0 Å². The van der Waals surface area contributed by atoms with Crippen molar-refractivity contribution in [3.05, 3.63) is 23.3 Å². The number of aryl methyl sites for hydroxylation is 1. The van der Waals surface area contributed by atoms with Crippen molar-refractivity contribution in [1.29, 1.82) is 0 Å². The zero-order valence-corrected chi connectivity index (χ0v) is 11.9. The summed E-state index contributed by atoms with van der Waals surface area (Å²) in [5, 5.41) is 2.86. The Balaban J connectivity index is 2.86. The molecule has 19 heavy (non-hydrogen) atoms. The standard InChI is InChI=1S/C14H22N2O3/c1-9-5-11(18-3)6-13(19-4)12(9)8-16-14(17)10(2)7-15/h5-6,10H,7-8,15H2,1-4H3,(H,16,17). The minimum absolute atomic E-state index is 0.0558. The lowest BCUT2D eigenvalue weighted by molar-refractivity contribution is -0.124. The van der Waals surface area contributed by atoms with Gasteiger partial charge in [-0.2, -0.15) is 0 Å². The van der Waals surface area contributed by atoms with Crippen LogP contribution in [0.5, 0.6) is 11.5 Å². The Labute approximate surface area is 114 Å². The van der Waals surface area contributed by atoms with Crippen molar-refractivity contribution in [3.8, 4) is 11.5 Å². The van der Waals surface area contributed by atoms with E-state index in [1.54, 1.807) is 27.2 Å². The van der Waals surface area contributed by atoms with Gasteiger partial charge < -0.3 is 20.5 Å². The van der Waals surface area contributed by atoms with E-state index in [2.05, 4.69) is 5.32 Å². The fraction of sp³-hybridized carbons (Fsp3) is 0.500. The monoisotopic (exact) mass is 266 g/mol. The molecule has 0 bridgehead atoms. The van der Waals surface area contributed by atoms with Crippen molar-refractivity contribution in [2.75, 3.05) is 20.8 Å². The molecule has 0 heterocycles. The fourth-order valence-corrected chi connectivity index (χ4v) is 1.74. The molecule has 106 valence electrons. The molecular formula is C14H22N2O3. The second-order valence-electron chi connectivity index (χ2n) is 4.48. The SMILES string of the molecule is COc1cc(C)c(CNC(=O)C(C)CN)c(OC)c1. The quantitative estimate of drug-likeness (QED) is 0.812. The Morgan fingerprint density at radius 3 is 2.58 bits per heavy atom. The summed E-state index contributed by atoms with van der Waals surface area (Å²) in [6, 6.07) is 3.72. The van der Waals surface area contributed by atoms with E-state index in [1.807, 2.05) is 13.0 Å². The molecule has 0 aliphatic carbocycles. The summed E-state index contributed by atoms with van der Waals surface area (Å²) in [6.07, 6.45) is 0. The van der Waals surface area contributed by atoms with Gasteiger partial charge in [0, 0.05) is 30.6 Å². The number of carbonyl (C=O) groups excluding carboxylic acids is 1. The number of benzene rings is 1. The van der Waals surface area contributed by atoms with Gasteiger partial charge in [-0.05, 0) is 18.6 Å². The Morgan fingerprint density at radius 1 is 1.37 bits per heavy atom. The van der Waals surface area contributed by atoms with Gasteiger partial charge in [0.15, 0.2) is 0 Å². The van der Waals surface area contributed by atoms with Gasteiger partial charge in [-0.1, -0.05) is 6.92 Å². The topological polar surface area (TPSA) is 73.6 Å². The van der Waals surface area contributed by atoms with Gasteiger partial charge in [-0.25, -0.2) is 0 Å². The van der Waals surface area contributed by atoms with Gasteiger partial charge in [0.05, 0.1) is 14.2 Å². The molecule has 5 nitrogen and oxygen atoms in total. The lowest BCUT2D eigenvalue weighted by Crippen LogP contribution is -2.33. The van der Waals surface area contributed by atoms with Crippen LogP contribution in [0, 0.1) is 12.8 Å². The van der Waals surface area contributed by atoms with Crippen LogP contribution in [-0.4, -0.2) is 26.7 Å². The lowest BCUT2D eigenvalue weighted by atomic mass is 10.1. The van der Waals surface area contributed by atoms with E-state index in [1.165, 1.54) is 0 Å². The van der Waals surface area contributed by atoms with Gasteiger partial charge in [0.2, 0.25) is 5.91 Å². The van der Waals surface area contributed by atoms with Crippen LogP contribution >= 0.6 is 0 Å². The van der Waals surface area contributed by atoms with Crippen molar-refractivity contribution >= 4 is 5.91 Å². The number of nitrogens with one attached hydrogen (secondary N) is 1. The maximum Gasteiger partial charge on any atom is 0.224 e. The van der Waals surface area contributed by atoms with E-state index in [-0.39, 0.29) is 11.8 Å². The normalized spacial score (nSPS) is 11.8. The molecule has 1 atom stereocenters. The van der Waals surface area contributed by atoms with Crippen LogP contribution in [0.15, 0.2) is 12.1 Å². The summed E-state index contributed by atoms with van der Waals surface area (Å²) in [4.78, 5) is 11.7. The molecule has 0 aliphatic heterocycles. The van der Waals surface area contributed by atoms with Gasteiger partial charge >= 0.3 is 0 Å². The van der Waals surface area contributed by atoms with Crippen molar-refractivity contribution in [2.24, 2.45) is 11.7 Å². The first kappa shape index (κ1) is 15.3. The summed E-state index contributed by atoms with van der Waals surface area (Å²) in [6.45, 7) is 4.51. The van der Waals surface area contributed by atoms with E-state index >= 15 is 0 Å². The summed E-state index contributed by atoms with van der Waals surface area (Å²) in [5.74, 6) is 1.20. The number of rotatable bonds is 6. The van der Waals surface area contributed by atoms with E-state index in [9.17, 15) is 4.79 Å². The van der Waals surface area contributed by atoms with Crippen molar-refractivity contribution in [1.82, 2.24) is 5.32 Å². The third-order valence-corrected chi connectivity index (χ3v) is 3.10. The van der Waals surface area contributed by atoms with E-state index in [0.29, 0.717) is 18.8 Å². The number of hydrogen-bond donors (Lipinski definition) is 2. The molecule has 1 aromatic carbocycles. The molecule has 5 heteroatoms. The number of hydrogen-bond acceptors (Lipinski definition) is 4. The molecule has 1 unspecified atom stereocenters. The second-order valence-corrected chi connectivity index (χ2v) is 4.48. The molecule has 1 aromatic rings. The molecular weight excluding hydrogens is 244 g/mol. The highest BCUT2D eigenvalue weighted by molar-refractivity contribution is 5.78. The van der Waals surface area contributed by atoms with Crippen LogP contribution in [-0.2, 0) is 11.3 Å². The Morgan fingerprint density at radius 2 is 2.05 bits per heavy atom. The molecule has 0 radical (unpaired) electrons. The number of amides is 1. The molecule has 0 saturated heterocycles. The predicted molar refractivity (Wildman–Crippen MR) is 74.3 cm³/mol. The second kappa shape index (κ2) is 6.99. The van der Waals surface area contributed by atoms with Gasteiger partial charge in [0.1, 0.15) is 11.5 Å². The zero-order chi connectivity index (χ0) is 14.4.